The summed E-state index contributed by atoms with van der Waals surface area (Å²) in [5, 5.41) is 16.6. The zero-order valence-corrected chi connectivity index (χ0v) is 20.0. The van der Waals surface area contributed by atoms with Crippen LogP contribution in [0.3, 0.4) is 0 Å². The lowest BCUT2D eigenvalue weighted by Crippen LogP contribution is -2.48. The maximum absolute atomic E-state index is 15.0. The summed E-state index contributed by atoms with van der Waals surface area (Å²) in [4.78, 5) is 26.8. The molecule has 2 N–H and O–H groups in total. The Kier molecular flexibility index (Phi) is 6.62. The normalized spacial score (nSPS) is 13.6. The second-order valence-electron chi connectivity index (χ2n) is 8.42. The van der Waals surface area contributed by atoms with E-state index < -0.39 is 17.7 Å². The molecule has 1 aromatic carbocycles. The number of piperazine rings is 1. The highest BCUT2D eigenvalue weighted by Crippen LogP contribution is 2.32. The number of anilines is 3. The quantitative estimate of drug-likeness (QED) is 0.399. The first-order valence-corrected chi connectivity index (χ1v) is 11.7. The zero-order valence-electron chi connectivity index (χ0n) is 20.0. The smallest absolute Gasteiger partial charge is 0.407 e. The molecule has 12 heteroatoms. The molecule has 0 radical (unpaired) electrons. The first kappa shape index (κ1) is 24.1. The molecule has 0 atom stereocenters. The van der Waals surface area contributed by atoms with Crippen molar-refractivity contribution in [2.75, 3.05) is 36.4 Å². The number of aromatic nitrogens is 5. The Balaban J connectivity index is 1.39. The fourth-order valence-electron chi connectivity index (χ4n) is 4.25. The number of carbonyl (C=O) groups is 1. The lowest BCUT2D eigenvalue weighted by molar-refractivity contribution is 0.142. The van der Waals surface area contributed by atoms with E-state index in [1.54, 1.807) is 29.3 Å². The molecule has 0 saturated carbocycles. The number of nitrogens with zero attached hydrogens (tertiary/aromatic N) is 7. The number of halogens is 2. The monoisotopic (exact) mass is 506 g/mol. The third kappa shape index (κ3) is 5.03. The molecular weight excluding hydrogens is 482 g/mol. The molecule has 190 valence electrons. The van der Waals surface area contributed by atoms with Crippen molar-refractivity contribution in [1.29, 1.82) is 0 Å². The SMILES string of the molecule is CCn1cc(-c2ccnc(Nc3cc(F)c(N4CCN(C(=O)O)CC4)c(F)c3)n2)c(-c2cccnc2)n1. The van der Waals surface area contributed by atoms with Crippen LogP contribution >= 0.6 is 0 Å². The predicted octanol–water partition coefficient (Wildman–Crippen LogP) is 4.24. The van der Waals surface area contributed by atoms with Gasteiger partial charge in [-0.1, -0.05) is 0 Å². The van der Waals surface area contributed by atoms with E-state index in [0.29, 0.717) is 17.9 Å². The summed E-state index contributed by atoms with van der Waals surface area (Å²) < 4.78 is 31.7. The van der Waals surface area contributed by atoms with Crippen molar-refractivity contribution in [3.05, 3.63) is 66.8 Å². The van der Waals surface area contributed by atoms with Crippen molar-refractivity contribution in [3.8, 4) is 22.5 Å². The summed E-state index contributed by atoms with van der Waals surface area (Å²) in [5.74, 6) is -1.35. The lowest BCUT2D eigenvalue weighted by Gasteiger charge is -2.34. The van der Waals surface area contributed by atoms with Crippen LogP contribution in [-0.4, -0.2) is 67.0 Å². The standard InChI is InChI=1S/C25H24F2N8O2/c1-2-35-15-18(22(32-35)16-4-3-6-28-14-16)21-5-7-29-24(31-21)30-17-12-19(26)23(20(27)13-17)33-8-10-34(11-9-33)25(36)37/h3-7,12-15H,2,8-11H2,1H3,(H,36,37)(H,29,30,31). The van der Waals surface area contributed by atoms with Gasteiger partial charge in [-0.3, -0.25) is 9.67 Å². The molecule has 1 fully saturated rings. The van der Waals surface area contributed by atoms with Crippen LogP contribution in [0.15, 0.2) is 55.1 Å². The maximum Gasteiger partial charge on any atom is 0.407 e. The van der Waals surface area contributed by atoms with E-state index in [4.69, 9.17) is 5.11 Å². The van der Waals surface area contributed by atoms with E-state index in [-0.39, 0.29) is 43.5 Å². The van der Waals surface area contributed by atoms with Gasteiger partial charge >= 0.3 is 6.09 Å². The van der Waals surface area contributed by atoms with Gasteiger partial charge < -0.3 is 20.2 Å². The average molecular weight is 507 g/mol. The highest BCUT2D eigenvalue weighted by molar-refractivity contribution is 5.78. The third-order valence-corrected chi connectivity index (χ3v) is 6.09. The Hall–Kier alpha value is -4.61. The molecule has 37 heavy (non-hydrogen) atoms. The first-order valence-electron chi connectivity index (χ1n) is 11.7. The Morgan fingerprint density at radius 1 is 1.11 bits per heavy atom. The van der Waals surface area contributed by atoms with Crippen LogP contribution in [0.1, 0.15) is 6.92 Å². The number of amides is 1. The van der Waals surface area contributed by atoms with Gasteiger partial charge in [-0.05, 0) is 37.3 Å². The summed E-state index contributed by atoms with van der Waals surface area (Å²) >= 11 is 0. The summed E-state index contributed by atoms with van der Waals surface area (Å²) in [5.41, 5.74) is 2.87. The molecule has 1 aliphatic rings. The average Bonchev–Trinajstić information content (AvgIpc) is 3.34. The minimum Gasteiger partial charge on any atom is -0.465 e. The van der Waals surface area contributed by atoms with Gasteiger partial charge in [0.05, 0.1) is 5.69 Å². The molecule has 3 aromatic heterocycles. The highest BCUT2D eigenvalue weighted by Gasteiger charge is 2.25. The minimum absolute atomic E-state index is 0.150. The van der Waals surface area contributed by atoms with Crippen LogP contribution in [0.25, 0.3) is 22.5 Å². The molecule has 0 aliphatic carbocycles. The molecule has 4 heterocycles. The van der Waals surface area contributed by atoms with E-state index in [2.05, 4.69) is 25.4 Å². The Morgan fingerprint density at radius 2 is 1.86 bits per heavy atom. The molecular formula is C25H24F2N8O2. The summed E-state index contributed by atoms with van der Waals surface area (Å²) in [6.07, 6.45) is 5.81. The van der Waals surface area contributed by atoms with Crippen LogP contribution in [0, 0.1) is 11.6 Å². The number of aryl methyl sites for hydroxylation is 1. The number of benzene rings is 1. The van der Waals surface area contributed by atoms with Gasteiger partial charge in [0.15, 0.2) is 11.6 Å². The van der Waals surface area contributed by atoms with Crippen LogP contribution in [0.4, 0.5) is 30.9 Å². The molecule has 4 aromatic rings. The number of rotatable bonds is 6. The summed E-state index contributed by atoms with van der Waals surface area (Å²) in [6.45, 7) is 3.38. The van der Waals surface area contributed by atoms with Gasteiger partial charge in [-0.25, -0.2) is 23.5 Å². The molecule has 10 nitrogen and oxygen atoms in total. The fourth-order valence-corrected chi connectivity index (χ4v) is 4.25. The molecule has 0 unspecified atom stereocenters. The van der Waals surface area contributed by atoms with Gasteiger partial charge in [-0.15, -0.1) is 0 Å². The first-order chi connectivity index (χ1) is 17.9. The topological polar surface area (TPSA) is 112 Å². The number of pyridine rings is 1. The highest BCUT2D eigenvalue weighted by atomic mass is 19.1. The van der Waals surface area contributed by atoms with Crippen molar-refractivity contribution in [1.82, 2.24) is 29.6 Å². The second kappa shape index (κ2) is 10.2. The molecule has 0 spiro atoms. The number of hydrogen-bond acceptors (Lipinski definition) is 7. The Labute approximate surface area is 211 Å². The lowest BCUT2D eigenvalue weighted by atomic mass is 10.1. The molecule has 1 aliphatic heterocycles. The largest absolute Gasteiger partial charge is 0.465 e. The molecule has 0 bridgehead atoms. The van der Waals surface area contributed by atoms with E-state index >= 15 is 0 Å². The van der Waals surface area contributed by atoms with Crippen molar-refractivity contribution < 1.29 is 18.7 Å². The second-order valence-corrected chi connectivity index (χ2v) is 8.42. The van der Waals surface area contributed by atoms with Crippen molar-refractivity contribution in [2.24, 2.45) is 0 Å². The number of nitrogens with one attached hydrogen (secondary N) is 1. The van der Waals surface area contributed by atoms with Crippen molar-refractivity contribution in [2.45, 2.75) is 13.5 Å². The van der Waals surface area contributed by atoms with Crippen LogP contribution in [0.5, 0.6) is 0 Å². The maximum atomic E-state index is 15.0. The molecule has 1 amide bonds. The van der Waals surface area contributed by atoms with Crippen LogP contribution in [-0.2, 0) is 6.54 Å². The van der Waals surface area contributed by atoms with Crippen molar-refractivity contribution >= 4 is 23.4 Å². The number of hydrogen-bond donors (Lipinski definition) is 2. The van der Waals surface area contributed by atoms with E-state index in [0.717, 1.165) is 11.1 Å². The van der Waals surface area contributed by atoms with Crippen LogP contribution in [0.2, 0.25) is 0 Å². The Bertz CT molecular complexity index is 1400. The van der Waals surface area contributed by atoms with Gasteiger partial charge in [0, 0.05) is 74.3 Å². The third-order valence-electron chi connectivity index (χ3n) is 6.09. The Morgan fingerprint density at radius 3 is 2.51 bits per heavy atom. The zero-order chi connectivity index (χ0) is 25.9. The predicted molar refractivity (Wildman–Crippen MR) is 134 cm³/mol. The number of carboxylic acid groups (broad SMARTS) is 1. The van der Waals surface area contributed by atoms with E-state index in [1.807, 2.05) is 25.3 Å². The van der Waals surface area contributed by atoms with Crippen molar-refractivity contribution in [3.63, 3.8) is 0 Å². The van der Waals surface area contributed by atoms with Gasteiger partial charge in [-0.2, -0.15) is 5.10 Å². The molecule has 5 rings (SSSR count). The van der Waals surface area contributed by atoms with Crippen LogP contribution < -0.4 is 10.2 Å². The summed E-state index contributed by atoms with van der Waals surface area (Å²) in [6, 6.07) is 7.83. The summed E-state index contributed by atoms with van der Waals surface area (Å²) in [7, 11) is 0. The van der Waals surface area contributed by atoms with Gasteiger partial charge in [0.25, 0.3) is 0 Å². The minimum atomic E-state index is -1.04. The van der Waals surface area contributed by atoms with E-state index in [9.17, 15) is 13.6 Å². The van der Waals surface area contributed by atoms with Gasteiger partial charge in [0.1, 0.15) is 11.4 Å². The van der Waals surface area contributed by atoms with Gasteiger partial charge in [0.2, 0.25) is 5.95 Å². The molecule has 1 saturated heterocycles. The fraction of sp³-hybridized carbons (Fsp3) is 0.240. The van der Waals surface area contributed by atoms with E-state index in [1.165, 1.54) is 21.9 Å².